The van der Waals surface area contributed by atoms with Crippen LogP contribution in [0.15, 0.2) is 121 Å². The SMILES string of the molecule is CC[C@@H]1O[C@H](CO)[C@@H](O[Si](c2ccccc2)(c2ccccc2)C(C)(C)C)[C@H](O)[C@H]1O[Si](c1ccccc1)(c1ccccc1)C(C)(C)C. The summed E-state index contributed by atoms with van der Waals surface area (Å²) in [5.74, 6) is 0. The van der Waals surface area contributed by atoms with E-state index in [0.717, 1.165) is 20.7 Å². The maximum atomic E-state index is 12.7. The molecule has 5 nitrogen and oxygen atoms in total. The van der Waals surface area contributed by atoms with Crippen LogP contribution in [0.3, 0.4) is 0 Å². The highest BCUT2D eigenvalue weighted by Crippen LogP contribution is 2.43. The molecule has 1 aliphatic rings. The van der Waals surface area contributed by atoms with Crippen LogP contribution in [0.1, 0.15) is 54.9 Å². The van der Waals surface area contributed by atoms with Gasteiger partial charge in [0.1, 0.15) is 24.4 Å². The van der Waals surface area contributed by atoms with E-state index in [0.29, 0.717) is 6.42 Å². The standard InChI is InChI=1S/C40H52O5Si2/c1-8-34-37(44-46(39(2,3)4,30-21-13-9-14-22-30)31-23-15-10-16-24-31)36(42)38(35(29-41)43-34)45-47(40(5,6)7,32-25-17-11-18-26-32)33-27-19-12-20-28-33/h9-28,34-38,41-42H,8,29H2,1-7H3/t34-,35+,36+,37-,38+/m0/s1. The van der Waals surface area contributed by atoms with Crippen molar-refractivity contribution in [3.05, 3.63) is 121 Å². The van der Waals surface area contributed by atoms with Gasteiger partial charge in [0, 0.05) is 0 Å². The van der Waals surface area contributed by atoms with E-state index in [9.17, 15) is 10.2 Å². The smallest absolute Gasteiger partial charge is 0.261 e. The lowest BCUT2D eigenvalue weighted by atomic mass is 9.94. The van der Waals surface area contributed by atoms with Gasteiger partial charge in [-0.3, -0.25) is 0 Å². The lowest BCUT2D eigenvalue weighted by Gasteiger charge is -2.53. The summed E-state index contributed by atoms with van der Waals surface area (Å²) in [6.07, 6.45) is -3.15. The molecule has 1 saturated heterocycles. The molecule has 7 heteroatoms. The second-order valence-corrected chi connectivity index (χ2v) is 23.3. The Bertz CT molecular complexity index is 1340. The molecule has 4 aromatic carbocycles. The number of aliphatic hydroxyl groups excluding tert-OH is 2. The van der Waals surface area contributed by atoms with Gasteiger partial charge in [-0.2, -0.15) is 0 Å². The summed E-state index contributed by atoms with van der Waals surface area (Å²) in [6, 6.07) is 41.8. The molecule has 5 atom stereocenters. The molecule has 0 aliphatic carbocycles. The highest BCUT2D eigenvalue weighted by Gasteiger charge is 2.59. The zero-order valence-electron chi connectivity index (χ0n) is 29.0. The van der Waals surface area contributed by atoms with Crippen molar-refractivity contribution in [2.24, 2.45) is 0 Å². The molecule has 2 N–H and O–H groups in total. The molecule has 4 aromatic rings. The summed E-state index contributed by atoms with van der Waals surface area (Å²) in [5.41, 5.74) is 0. The maximum absolute atomic E-state index is 12.7. The minimum atomic E-state index is -3.12. The monoisotopic (exact) mass is 668 g/mol. The molecular weight excluding hydrogens is 617 g/mol. The Balaban J connectivity index is 1.68. The second-order valence-electron chi connectivity index (χ2n) is 14.8. The number of hydrogen-bond donors (Lipinski definition) is 2. The van der Waals surface area contributed by atoms with Crippen molar-refractivity contribution in [1.29, 1.82) is 0 Å². The fourth-order valence-electron chi connectivity index (χ4n) is 7.56. The fraction of sp³-hybridized carbons (Fsp3) is 0.400. The first-order valence-electron chi connectivity index (χ1n) is 16.9. The average Bonchev–Trinajstić information content (AvgIpc) is 3.07. The van der Waals surface area contributed by atoms with Gasteiger partial charge in [-0.1, -0.05) is 170 Å². The predicted molar refractivity (Wildman–Crippen MR) is 197 cm³/mol. The predicted octanol–water partition coefficient (Wildman–Crippen LogP) is 5.41. The molecule has 1 heterocycles. The van der Waals surface area contributed by atoms with E-state index in [4.69, 9.17) is 13.6 Å². The summed E-state index contributed by atoms with van der Waals surface area (Å²) in [7, 11) is -6.19. The first-order valence-corrected chi connectivity index (χ1v) is 20.7. The quantitative estimate of drug-likeness (QED) is 0.222. The van der Waals surface area contributed by atoms with Gasteiger partial charge in [0.15, 0.2) is 0 Å². The first kappa shape index (κ1) is 35.4. The molecule has 1 aliphatic heterocycles. The van der Waals surface area contributed by atoms with Gasteiger partial charge >= 0.3 is 0 Å². The Hall–Kier alpha value is -2.89. The highest BCUT2D eigenvalue weighted by atomic mass is 28.4. The summed E-state index contributed by atoms with van der Waals surface area (Å²) in [6.45, 7) is 15.1. The first-order chi connectivity index (χ1) is 22.4. The van der Waals surface area contributed by atoms with E-state index >= 15 is 0 Å². The highest BCUT2D eigenvalue weighted by molar-refractivity contribution is 7.00. The topological polar surface area (TPSA) is 68.2 Å². The van der Waals surface area contributed by atoms with Crippen LogP contribution in [0.4, 0.5) is 0 Å². The third-order valence-corrected chi connectivity index (χ3v) is 19.9. The molecule has 0 saturated carbocycles. The molecule has 5 rings (SSSR count). The lowest BCUT2D eigenvalue weighted by Crippen LogP contribution is -2.74. The van der Waals surface area contributed by atoms with Crippen molar-refractivity contribution >= 4 is 37.4 Å². The van der Waals surface area contributed by atoms with Crippen LogP contribution in [0.5, 0.6) is 0 Å². The van der Waals surface area contributed by atoms with Crippen molar-refractivity contribution in [3.63, 3.8) is 0 Å². The van der Waals surface area contributed by atoms with Crippen molar-refractivity contribution in [2.75, 3.05) is 6.61 Å². The molecule has 0 unspecified atom stereocenters. The molecule has 0 bridgehead atoms. The molecule has 0 radical (unpaired) electrons. The fourth-order valence-corrected chi connectivity index (χ4v) is 17.0. The van der Waals surface area contributed by atoms with E-state index in [1.54, 1.807) is 0 Å². The zero-order valence-corrected chi connectivity index (χ0v) is 31.0. The van der Waals surface area contributed by atoms with Gasteiger partial charge in [0.25, 0.3) is 16.6 Å². The molecule has 0 amide bonds. The minimum Gasteiger partial charge on any atom is -0.399 e. The summed E-state index contributed by atoms with van der Waals surface area (Å²) < 4.78 is 21.8. The summed E-state index contributed by atoms with van der Waals surface area (Å²) in [4.78, 5) is 0. The van der Waals surface area contributed by atoms with E-state index in [2.05, 4.69) is 146 Å². The van der Waals surface area contributed by atoms with E-state index in [-0.39, 0.29) is 16.7 Å². The molecule has 0 spiro atoms. The average molecular weight is 669 g/mol. The van der Waals surface area contributed by atoms with Crippen LogP contribution in [0, 0.1) is 0 Å². The number of rotatable bonds is 10. The van der Waals surface area contributed by atoms with E-state index < -0.39 is 47.2 Å². The zero-order chi connectivity index (χ0) is 33.9. The Labute approximate surface area is 283 Å². The van der Waals surface area contributed by atoms with Crippen molar-refractivity contribution in [1.82, 2.24) is 0 Å². The normalized spacial score (nSPS) is 22.6. The Morgan fingerprint density at radius 2 is 0.851 bits per heavy atom. The van der Waals surface area contributed by atoms with Gasteiger partial charge in [-0.05, 0) is 37.2 Å². The number of hydrogen-bond acceptors (Lipinski definition) is 5. The van der Waals surface area contributed by atoms with Gasteiger partial charge in [0.2, 0.25) is 0 Å². The second kappa shape index (κ2) is 14.3. The van der Waals surface area contributed by atoms with E-state index in [1.807, 2.05) is 24.3 Å². The van der Waals surface area contributed by atoms with Crippen molar-refractivity contribution in [3.8, 4) is 0 Å². The molecule has 250 valence electrons. The van der Waals surface area contributed by atoms with Crippen LogP contribution in [-0.2, 0) is 13.6 Å². The summed E-state index contributed by atoms with van der Waals surface area (Å²) in [5, 5.41) is 27.3. The van der Waals surface area contributed by atoms with Crippen LogP contribution in [0.2, 0.25) is 10.1 Å². The van der Waals surface area contributed by atoms with Crippen LogP contribution >= 0.6 is 0 Å². The molecule has 0 aromatic heterocycles. The number of aliphatic hydroxyl groups is 2. The summed E-state index contributed by atoms with van der Waals surface area (Å²) >= 11 is 0. The van der Waals surface area contributed by atoms with Gasteiger partial charge in [-0.25, -0.2) is 0 Å². The third-order valence-electron chi connectivity index (χ3n) is 9.80. The van der Waals surface area contributed by atoms with Crippen molar-refractivity contribution < 1.29 is 23.8 Å². The largest absolute Gasteiger partial charge is 0.399 e. The van der Waals surface area contributed by atoms with Crippen molar-refractivity contribution in [2.45, 2.75) is 95.5 Å². The number of benzene rings is 4. The number of ether oxygens (including phenoxy) is 1. The minimum absolute atomic E-state index is 0.275. The maximum Gasteiger partial charge on any atom is 0.261 e. The van der Waals surface area contributed by atoms with Gasteiger partial charge in [0.05, 0.1) is 12.7 Å². The lowest BCUT2D eigenvalue weighted by molar-refractivity contribution is -0.220. The molecular formula is C40H52O5Si2. The Kier molecular flexibility index (Phi) is 10.8. The molecule has 1 fully saturated rings. The third kappa shape index (κ3) is 6.60. The molecule has 47 heavy (non-hydrogen) atoms. The van der Waals surface area contributed by atoms with Crippen LogP contribution < -0.4 is 20.7 Å². The Morgan fingerprint density at radius 3 is 1.11 bits per heavy atom. The van der Waals surface area contributed by atoms with Crippen LogP contribution in [-0.4, -0.2) is 64.0 Å². The van der Waals surface area contributed by atoms with E-state index in [1.165, 1.54) is 0 Å². The Morgan fingerprint density at radius 1 is 0.553 bits per heavy atom. The van der Waals surface area contributed by atoms with Gasteiger partial charge in [-0.15, -0.1) is 0 Å². The van der Waals surface area contributed by atoms with Gasteiger partial charge < -0.3 is 23.8 Å². The van der Waals surface area contributed by atoms with Crippen LogP contribution in [0.25, 0.3) is 0 Å².